The highest BCUT2D eigenvalue weighted by atomic mass is 35.5. The highest BCUT2D eigenvalue weighted by Crippen LogP contribution is 2.38. The molecule has 1 aliphatic heterocycles. The van der Waals surface area contributed by atoms with Gasteiger partial charge >= 0.3 is 11.9 Å². The standard InChI is InChI=1S/C22H20ClNO6/c1-4-19(25)29-20-16(23)10-13(12-18(20)28-5-2)11-17-22(26)30-21(24-17)14-6-8-15(27-3)9-7-14/h6-12H,4-5H2,1-3H3/b17-11+. The first kappa shape index (κ1) is 21.4. The van der Waals surface area contributed by atoms with Gasteiger partial charge < -0.3 is 18.9 Å². The molecule has 3 rings (SSSR count). The zero-order valence-corrected chi connectivity index (χ0v) is 17.5. The maximum atomic E-state index is 12.3. The molecule has 0 aromatic heterocycles. The van der Waals surface area contributed by atoms with Crippen LogP contribution in [0.3, 0.4) is 0 Å². The summed E-state index contributed by atoms with van der Waals surface area (Å²) in [4.78, 5) is 28.2. The second-order valence-corrected chi connectivity index (χ2v) is 6.56. The van der Waals surface area contributed by atoms with Gasteiger partial charge in [0.15, 0.2) is 17.2 Å². The normalized spacial score (nSPS) is 14.3. The molecule has 30 heavy (non-hydrogen) atoms. The number of hydrogen-bond donors (Lipinski definition) is 0. The highest BCUT2D eigenvalue weighted by Gasteiger charge is 2.25. The van der Waals surface area contributed by atoms with Gasteiger partial charge in [0, 0.05) is 12.0 Å². The minimum atomic E-state index is -0.587. The van der Waals surface area contributed by atoms with Crippen molar-refractivity contribution in [3.05, 3.63) is 58.2 Å². The minimum Gasteiger partial charge on any atom is -0.497 e. The molecule has 0 unspecified atom stereocenters. The molecule has 0 spiro atoms. The number of hydrogen-bond acceptors (Lipinski definition) is 7. The van der Waals surface area contributed by atoms with Crippen LogP contribution in [0.25, 0.3) is 6.08 Å². The first-order chi connectivity index (χ1) is 14.4. The van der Waals surface area contributed by atoms with Gasteiger partial charge in [-0.05, 0) is 55.0 Å². The SMILES string of the molecule is CCOc1cc(/C=C2/N=C(c3ccc(OC)cc3)OC2=O)cc(Cl)c1OC(=O)CC. The molecule has 0 N–H and O–H groups in total. The molecule has 0 fully saturated rings. The van der Waals surface area contributed by atoms with Crippen LogP contribution in [-0.2, 0) is 14.3 Å². The predicted octanol–water partition coefficient (Wildman–Crippen LogP) is 4.41. The summed E-state index contributed by atoms with van der Waals surface area (Å²) in [7, 11) is 1.57. The Morgan fingerprint density at radius 1 is 1.20 bits per heavy atom. The zero-order valence-electron chi connectivity index (χ0n) is 16.7. The predicted molar refractivity (Wildman–Crippen MR) is 112 cm³/mol. The van der Waals surface area contributed by atoms with Gasteiger partial charge in [0.1, 0.15) is 5.75 Å². The van der Waals surface area contributed by atoms with E-state index in [0.717, 1.165) is 0 Å². The van der Waals surface area contributed by atoms with E-state index >= 15 is 0 Å². The van der Waals surface area contributed by atoms with E-state index in [0.29, 0.717) is 29.2 Å². The number of nitrogens with zero attached hydrogens (tertiary/aromatic N) is 1. The molecule has 2 aromatic carbocycles. The van der Waals surface area contributed by atoms with E-state index in [1.54, 1.807) is 57.4 Å². The molecule has 0 bridgehead atoms. The van der Waals surface area contributed by atoms with E-state index in [1.165, 1.54) is 6.08 Å². The third kappa shape index (κ3) is 4.80. The summed E-state index contributed by atoms with van der Waals surface area (Å²) in [6, 6.07) is 10.2. The Labute approximate surface area is 178 Å². The summed E-state index contributed by atoms with van der Waals surface area (Å²) in [5.74, 6) is 0.293. The summed E-state index contributed by atoms with van der Waals surface area (Å²) >= 11 is 6.30. The quantitative estimate of drug-likeness (QED) is 0.368. The van der Waals surface area contributed by atoms with Gasteiger partial charge in [0.05, 0.1) is 18.7 Å². The molecule has 0 saturated heterocycles. The monoisotopic (exact) mass is 429 g/mol. The van der Waals surface area contributed by atoms with Crippen molar-refractivity contribution >= 4 is 35.5 Å². The van der Waals surface area contributed by atoms with Crippen LogP contribution in [0.2, 0.25) is 5.02 Å². The zero-order chi connectivity index (χ0) is 21.7. The highest BCUT2D eigenvalue weighted by molar-refractivity contribution is 6.32. The summed E-state index contributed by atoms with van der Waals surface area (Å²) in [6.07, 6.45) is 1.72. The first-order valence-corrected chi connectivity index (χ1v) is 9.67. The fourth-order valence-corrected chi connectivity index (χ4v) is 2.90. The Balaban J connectivity index is 1.93. The number of halogens is 1. The van der Waals surface area contributed by atoms with Crippen molar-refractivity contribution in [2.45, 2.75) is 20.3 Å². The molecule has 1 heterocycles. The molecule has 8 heteroatoms. The molecule has 0 aliphatic carbocycles. The Hall–Kier alpha value is -3.32. The number of benzene rings is 2. The van der Waals surface area contributed by atoms with Crippen molar-refractivity contribution in [1.82, 2.24) is 0 Å². The lowest BCUT2D eigenvalue weighted by Gasteiger charge is -2.13. The maximum Gasteiger partial charge on any atom is 0.363 e. The lowest BCUT2D eigenvalue weighted by atomic mass is 10.1. The van der Waals surface area contributed by atoms with Crippen LogP contribution < -0.4 is 14.2 Å². The minimum absolute atomic E-state index is 0.109. The number of carbonyl (C=O) groups is 2. The van der Waals surface area contributed by atoms with Crippen LogP contribution in [-0.4, -0.2) is 31.6 Å². The second kappa shape index (κ2) is 9.45. The van der Waals surface area contributed by atoms with Crippen LogP contribution in [0.15, 0.2) is 47.1 Å². The van der Waals surface area contributed by atoms with E-state index in [4.69, 9.17) is 30.5 Å². The number of carbonyl (C=O) groups excluding carboxylic acids is 2. The van der Waals surface area contributed by atoms with Crippen molar-refractivity contribution in [2.24, 2.45) is 4.99 Å². The third-order valence-corrected chi connectivity index (χ3v) is 4.38. The van der Waals surface area contributed by atoms with Gasteiger partial charge in [0.25, 0.3) is 0 Å². The van der Waals surface area contributed by atoms with E-state index in [1.807, 2.05) is 0 Å². The molecule has 0 radical (unpaired) electrons. The van der Waals surface area contributed by atoms with Gasteiger partial charge in [0.2, 0.25) is 5.90 Å². The van der Waals surface area contributed by atoms with Crippen molar-refractivity contribution in [3.63, 3.8) is 0 Å². The van der Waals surface area contributed by atoms with Crippen LogP contribution in [0.1, 0.15) is 31.4 Å². The van der Waals surface area contributed by atoms with Gasteiger partial charge in [-0.25, -0.2) is 9.79 Å². The molecule has 0 amide bonds. The van der Waals surface area contributed by atoms with Crippen molar-refractivity contribution in [1.29, 1.82) is 0 Å². The van der Waals surface area contributed by atoms with Crippen LogP contribution in [0.4, 0.5) is 0 Å². The van der Waals surface area contributed by atoms with Crippen LogP contribution in [0, 0.1) is 0 Å². The lowest BCUT2D eigenvalue weighted by molar-refractivity contribution is -0.134. The van der Waals surface area contributed by atoms with E-state index in [-0.39, 0.29) is 28.8 Å². The van der Waals surface area contributed by atoms with Crippen LogP contribution >= 0.6 is 11.6 Å². The van der Waals surface area contributed by atoms with E-state index < -0.39 is 11.9 Å². The van der Waals surface area contributed by atoms with Crippen molar-refractivity contribution in [2.75, 3.05) is 13.7 Å². The molecule has 7 nitrogen and oxygen atoms in total. The fourth-order valence-electron chi connectivity index (χ4n) is 2.64. The number of esters is 2. The number of rotatable bonds is 7. The lowest BCUT2D eigenvalue weighted by Crippen LogP contribution is -2.08. The Morgan fingerprint density at radius 2 is 1.93 bits per heavy atom. The summed E-state index contributed by atoms with van der Waals surface area (Å²) in [6.45, 7) is 3.82. The molecular weight excluding hydrogens is 410 g/mol. The smallest absolute Gasteiger partial charge is 0.363 e. The topological polar surface area (TPSA) is 83.4 Å². The van der Waals surface area contributed by atoms with Crippen LogP contribution in [0.5, 0.6) is 17.2 Å². The summed E-state index contributed by atoms with van der Waals surface area (Å²) in [5.41, 5.74) is 1.30. The van der Waals surface area contributed by atoms with Gasteiger partial charge in [-0.15, -0.1) is 0 Å². The number of cyclic esters (lactones) is 1. The molecule has 2 aromatic rings. The molecular formula is C22H20ClNO6. The van der Waals surface area contributed by atoms with E-state index in [2.05, 4.69) is 4.99 Å². The average Bonchev–Trinajstić information content (AvgIpc) is 3.10. The molecule has 0 atom stereocenters. The Kier molecular flexibility index (Phi) is 6.74. The number of methoxy groups -OCH3 is 1. The van der Waals surface area contributed by atoms with Crippen molar-refractivity contribution in [3.8, 4) is 17.2 Å². The third-order valence-electron chi connectivity index (χ3n) is 4.10. The molecule has 0 saturated carbocycles. The van der Waals surface area contributed by atoms with Gasteiger partial charge in [-0.2, -0.15) is 0 Å². The van der Waals surface area contributed by atoms with E-state index in [9.17, 15) is 9.59 Å². The number of aliphatic imine (C=N–C) groups is 1. The van der Waals surface area contributed by atoms with Crippen molar-refractivity contribution < 1.29 is 28.5 Å². The first-order valence-electron chi connectivity index (χ1n) is 9.29. The second-order valence-electron chi connectivity index (χ2n) is 6.16. The maximum absolute atomic E-state index is 12.3. The summed E-state index contributed by atoms with van der Waals surface area (Å²) < 4.78 is 21.2. The largest absolute Gasteiger partial charge is 0.497 e. The Morgan fingerprint density at radius 3 is 2.57 bits per heavy atom. The average molecular weight is 430 g/mol. The van der Waals surface area contributed by atoms with Gasteiger partial charge in [-0.3, -0.25) is 4.79 Å². The fraction of sp³-hybridized carbons (Fsp3) is 0.227. The molecule has 156 valence electrons. The Bertz CT molecular complexity index is 1030. The summed E-state index contributed by atoms with van der Waals surface area (Å²) in [5, 5.41) is 0.181. The number of ether oxygens (including phenoxy) is 4. The van der Waals surface area contributed by atoms with Gasteiger partial charge in [-0.1, -0.05) is 18.5 Å². The molecule has 1 aliphatic rings.